The Labute approximate surface area is 199 Å². The number of aromatic carboxylic acids is 1. The minimum atomic E-state index is -5.08. The number of halogens is 4. The van der Waals surface area contributed by atoms with Crippen molar-refractivity contribution in [2.45, 2.75) is 30.2 Å². The van der Waals surface area contributed by atoms with E-state index in [9.17, 15) is 31.5 Å². The number of aromatic nitrogens is 1. The standard InChI is InChI=1S/C16H18BrN3O4S2.C2HF3O2/c1-10-4-6-20(7-5-10)15-12(16(21)22)8-11(9-18-15)19-26(23,24)14-3-2-13(17)25-14;3-2(4,5)1(6)7/h2-3,8-10,19H,4-7H2,1H3,(H,21,22);(H,6,7). The molecule has 0 aliphatic carbocycles. The smallest absolute Gasteiger partial charge is 0.478 e. The molecule has 33 heavy (non-hydrogen) atoms. The van der Waals surface area contributed by atoms with Crippen LogP contribution in [0.25, 0.3) is 0 Å². The number of anilines is 2. The molecular formula is C18H19BrF3N3O6S2. The van der Waals surface area contributed by atoms with Gasteiger partial charge in [0.2, 0.25) is 0 Å². The van der Waals surface area contributed by atoms with E-state index in [1.54, 1.807) is 6.07 Å². The molecule has 0 saturated carbocycles. The van der Waals surface area contributed by atoms with Crippen LogP contribution in [-0.2, 0) is 14.8 Å². The third-order valence-electron chi connectivity index (χ3n) is 4.49. The molecule has 0 spiro atoms. The SMILES string of the molecule is CC1CCN(c2ncc(NS(=O)(=O)c3ccc(Br)s3)cc2C(=O)O)CC1.O=C(O)C(F)(F)F. The first-order valence-electron chi connectivity index (χ1n) is 9.27. The first kappa shape index (κ1) is 26.9. The summed E-state index contributed by atoms with van der Waals surface area (Å²) in [6, 6.07) is 4.44. The molecule has 0 radical (unpaired) electrons. The first-order chi connectivity index (χ1) is 15.2. The highest BCUT2D eigenvalue weighted by Crippen LogP contribution is 2.30. The molecule has 0 aromatic carbocycles. The number of carboxylic acids is 2. The van der Waals surface area contributed by atoms with Gasteiger partial charge in [0.15, 0.2) is 0 Å². The second-order valence-corrected chi connectivity index (χ2v) is 11.4. The predicted molar refractivity (Wildman–Crippen MR) is 118 cm³/mol. The molecule has 182 valence electrons. The molecule has 1 fully saturated rings. The van der Waals surface area contributed by atoms with Crippen LogP contribution in [0.15, 0.2) is 32.4 Å². The lowest BCUT2D eigenvalue weighted by molar-refractivity contribution is -0.192. The fourth-order valence-corrected chi connectivity index (χ4v) is 5.83. The monoisotopic (exact) mass is 573 g/mol. The summed E-state index contributed by atoms with van der Waals surface area (Å²) < 4.78 is 59.8. The van der Waals surface area contributed by atoms with Crippen LogP contribution in [0.2, 0.25) is 0 Å². The number of hydrogen-bond donors (Lipinski definition) is 3. The Kier molecular flexibility index (Phi) is 8.70. The molecule has 0 atom stereocenters. The molecule has 3 rings (SSSR count). The fourth-order valence-electron chi connectivity index (χ4n) is 2.79. The number of aliphatic carboxylic acids is 1. The average Bonchev–Trinajstić information content (AvgIpc) is 3.15. The lowest BCUT2D eigenvalue weighted by atomic mass is 9.99. The van der Waals surface area contributed by atoms with Crippen molar-refractivity contribution >= 4 is 60.7 Å². The van der Waals surface area contributed by atoms with E-state index in [2.05, 4.69) is 32.6 Å². The topological polar surface area (TPSA) is 137 Å². The van der Waals surface area contributed by atoms with Gasteiger partial charge in [-0.3, -0.25) is 4.72 Å². The summed E-state index contributed by atoms with van der Waals surface area (Å²) in [6.07, 6.45) is -1.77. The Morgan fingerprint density at radius 1 is 1.24 bits per heavy atom. The maximum atomic E-state index is 12.4. The highest BCUT2D eigenvalue weighted by Gasteiger charge is 2.38. The minimum absolute atomic E-state index is 0.00730. The third kappa shape index (κ3) is 7.57. The summed E-state index contributed by atoms with van der Waals surface area (Å²) in [5, 5.41) is 16.7. The summed E-state index contributed by atoms with van der Waals surface area (Å²) in [4.78, 5) is 26.8. The largest absolute Gasteiger partial charge is 0.490 e. The minimum Gasteiger partial charge on any atom is -0.478 e. The second kappa shape index (κ2) is 10.7. The van der Waals surface area contributed by atoms with Gasteiger partial charge in [-0.1, -0.05) is 6.92 Å². The molecule has 3 N–H and O–H groups in total. The Hall–Kier alpha value is -2.39. The van der Waals surface area contributed by atoms with E-state index in [1.807, 2.05) is 4.90 Å². The van der Waals surface area contributed by atoms with E-state index in [1.165, 1.54) is 18.3 Å². The van der Waals surface area contributed by atoms with Crippen LogP contribution >= 0.6 is 27.3 Å². The molecule has 0 unspecified atom stereocenters. The number of piperidine rings is 1. The van der Waals surface area contributed by atoms with Gasteiger partial charge in [-0.25, -0.2) is 23.0 Å². The molecule has 2 aromatic rings. The molecule has 1 aliphatic heterocycles. The van der Waals surface area contributed by atoms with Gasteiger partial charge in [-0.2, -0.15) is 13.2 Å². The first-order valence-corrected chi connectivity index (χ1v) is 12.4. The lowest BCUT2D eigenvalue weighted by Gasteiger charge is -2.32. The Morgan fingerprint density at radius 2 is 1.82 bits per heavy atom. The van der Waals surface area contributed by atoms with Gasteiger partial charge in [-0.15, -0.1) is 11.3 Å². The van der Waals surface area contributed by atoms with Gasteiger partial charge in [0.25, 0.3) is 10.0 Å². The van der Waals surface area contributed by atoms with E-state index in [-0.39, 0.29) is 15.5 Å². The number of pyridine rings is 1. The second-order valence-electron chi connectivity index (χ2n) is 7.04. The van der Waals surface area contributed by atoms with Gasteiger partial charge in [0.1, 0.15) is 15.6 Å². The predicted octanol–water partition coefficient (Wildman–Crippen LogP) is 4.27. The molecule has 3 heterocycles. The summed E-state index contributed by atoms with van der Waals surface area (Å²) in [7, 11) is -3.79. The molecule has 0 bridgehead atoms. The van der Waals surface area contributed by atoms with Crippen LogP contribution in [0.4, 0.5) is 24.7 Å². The summed E-state index contributed by atoms with van der Waals surface area (Å²) in [5.41, 5.74) is 0.119. The molecule has 9 nitrogen and oxygen atoms in total. The van der Waals surface area contributed by atoms with Crippen LogP contribution in [0.5, 0.6) is 0 Å². The average molecular weight is 574 g/mol. The van der Waals surface area contributed by atoms with Gasteiger partial charge in [0, 0.05) is 13.1 Å². The fraction of sp³-hybridized carbons (Fsp3) is 0.389. The van der Waals surface area contributed by atoms with Crippen molar-refractivity contribution in [1.29, 1.82) is 0 Å². The van der Waals surface area contributed by atoms with Crippen molar-refractivity contribution in [3.8, 4) is 0 Å². The van der Waals surface area contributed by atoms with Crippen molar-refractivity contribution in [1.82, 2.24) is 4.98 Å². The maximum absolute atomic E-state index is 12.4. The lowest BCUT2D eigenvalue weighted by Crippen LogP contribution is -2.34. The number of thiophene rings is 1. The quantitative estimate of drug-likeness (QED) is 0.482. The zero-order valence-electron chi connectivity index (χ0n) is 17.0. The van der Waals surface area contributed by atoms with Gasteiger partial charge in [0.05, 0.1) is 15.7 Å². The summed E-state index contributed by atoms with van der Waals surface area (Å²) in [5.74, 6) is -2.90. The maximum Gasteiger partial charge on any atom is 0.490 e. The summed E-state index contributed by atoms with van der Waals surface area (Å²) >= 11 is 4.30. The van der Waals surface area contributed by atoms with Crippen LogP contribution in [0.1, 0.15) is 30.1 Å². The zero-order valence-corrected chi connectivity index (χ0v) is 20.2. The van der Waals surface area contributed by atoms with E-state index >= 15 is 0 Å². The van der Waals surface area contributed by atoms with E-state index in [4.69, 9.17) is 9.90 Å². The van der Waals surface area contributed by atoms with Crippen LogP contribution in [-0.4, -0.2) is 54.8 Å². The Balaban J connectivity index is 0.000000479. The molecule has 2 aromatic heterocycles. The summed E-state index contributed by atoms with van der Waals surface area (Å²) in [6.45, 7) is 3.65. The van der Waals surface area contributed by atoms with E-state index in [0.717, 1.165) is 37.3 Å². The normalized spacial score (nSPS) is 14.9. The molecule has 1 saturated heterocycles. The molecule has 0 amide bonds. The molecular weight excluding hydrogens is 555 g/mol. The number of carboxylic acid groups (broad SMARTS) is 2. The molecule has 1 aliphatic rings. The van der Waals surface area contributed by atoms with Gasteiger partial charge >= 0.3 is 18.1 Å². The molecule has 15 heteroatoms. The third-order valence-corrected chi connectivity index (χ3v) is 7.99. The van der Waals surface area contributed by atoms with Crippen molar-refractivity contribution in [3.63, 3.8) is 0 Å². The van der Waals surface area contributed by atoms with E-state index < -0.39 is 28.1 Å². The Morgan fingerprint density at radius 3 is 2.27 bits per heavy atom. The Bertz CT molecular complexity index is 1120. The van der Waals surface area contributed by atoms with Crippen molar-refractivity contribution in [3.05, 3.63) is 33.7 Å². The number of carbonyl (C=O) groups is 2. The number of hydrogen-bond acceptors (Lipinski definition) is 7. The highest BCUT2D eigenvalue weighted by atomic mass is 79.9. The number of rotatable bonds is 5. The van der Waals surface area contributed by atoms with Crippen LogP contribution in [0, 0.1) is 5.92 Å². The van der Waals surface area contributed by atoms with Crippen LogP contribution in [0.3, 0.4) is 0 Å². The van der Waals surface area contributed by atoms with Crippen molar-refractivity contribution in [2.75, 3.05) is 22.7 Å². The number of nitrogens with zero attached hydrogens (tertiary/aromatic N) is 2. The van der Waals surface area contributed by atoms with Crippen molar-refractivity contribution < 1.29 is 41.4 Å². The zero-order chi connectivity index (χ0) is 25.0. The number of nitrogens with one attached hydrogen (secondary N) is 1. The van der Waals surface area contributed by atoms with Gasteiger partial charge < -0.3 is 15.1 Å². The van der Waals surface area contributed by atoms with Crippen LogP contribution < -0.4 is 9.62 Å². The van der Waals surface area contributed by atoms with Gasteiger partial charge in [-0.05, 0) is 52.9 Å². The number of alkyl halides is 3. The van der Waals surface area contributed by atoms with E-state index in [0.29, 0.717) is 15.5 Å². The highest BCUT2D eigenvalue weighted by molar-refractivity contribution is 9.11. The van der Waals surface area contributed by atoms with Crippen molar-refractivity contribution in [2.24, 2.45) is 5.92 Å². The number of sulfonamides is 1.